The topological polar surface area (TPSA) is 47.8 Å². The molecule has 0 fully saturated rings. The van der Waals surface area contributed by atoms with E-state index < -0.39 is 0 Å². The maximum absolute atomic E-state index is 11.0. The Hall–Kier alpha value is -4.05. The molecule has 0 bridgehead atoms. The van der Waals surface area contributed by atoms with Gasteiger partial charge in [0.25, 0.3) is 0 Å². The summed E-state index contributed by atoms with van der Waals surface area (Å²) in [6.07, 6.45) is 7.25. The molecule has 0 amide bonds. The monoisotopic (exact) mass is 503 g/mol. The summed E-state index contributed by atoms with van der Waals surface area (Å²) in [6, 6.07) is 29.1. The number of para-hydroxylation sites is 1. The molecule has 0 unspecified atom stereocenters. The van der Waals surface area contributed by atoms with Crippen LogP contribution < -0.4 is 0 Å². The summed E-state index contributed by atoms with van der Waals surface area (Å²) in [5, 5.41) is 2.54. The molecule has 5 rings (SSSR count). The van der Waals surface area contributed by atoms with Crippen LogP contribution in [0.2, 0.25) is 0 Å². The first-order valence-electron chi connectivity index (χ1n) is 13.4. The average molecular weight is 504 g/mol. The lowest BCUT2D eigenvalue weighted by molar-refractivity contribution is 0.0983. The molecule has 0 saturated carbocycles. The van der Waals surface area contributed by atoms with Crippen molar-refractivity contribution in [3.05, 3.63) is 115 Å². The molecule has 0 aliphatic carbocycles. The van der Waals surface area contributed by atoms with Crippen molar-refractivity contribution in [3.63, 3.8) is 0 Å². The van der Waals surface area contributed by atoms with E-state index in [0.29, 0.717) is 18.0 Å². The molecular formula is C34H37N3O. The van der Waals surface area contributed by atoms with E-state index in [2.05, 4.69) is 104 Å². The number of pyridine rings is 1. The lowest BCUT2D eigenvalue weighted by atomic mass is 9.71. The molecule has 2 aromatic heterocycles. The fraction of sp³-hybridized carbons (Fsp3) is 0.265. The van der Waals surface area contributed by atoms with Crippen LogP contribution in [0.1, 0.15) is 63.5 Å². The maximum atomic E-state index is 11.0. The van der Waals surface area contributed by atoms with E-state index in [9.17, 15) is 4.79 Å². The first kappa shape index (κ1) is 27.0. The van der Waals surface area contributed by atoms with Gasteiger partial charge in [-0.15, -0.1) is 0 Å². The lowest BCUT2D eigenvalue weighted by Crippen LogP contribution is -2.27. The second-order valence-corrected chi connectivity index (χ2v) is 10.2. The Morgan fingerprint density at radius 3 is 2.13 bits per heavy atom. The predicted molar refractivity (Wildman–Crippen MR) is 158 cm³/mol. The predicted octanol–water partition coefficient (Wildman–Crippen LogP) is 8.69. The zero-order chi connectivity index (χ0) is 27.1. The molecule has 38 heavy (non-hydrogen) atoms. The third-order valence-electron chi connectivity index (χ3n) is 7.61. The number of rotatable bonds is 7. The van der Waals surface area contributed by atoms with Gasteiger partial charge in [-0.3, -0.25) is 14.3 Å². The first-order valence-corrected chi connectivity index (χ1v) is 13.4. The fourth-order valence-corrected chi connectivity index (χ4v) is 4.74. The second kappa shape index (κ2) is 12.0. The van der Waals surface area contributed by atoms with Crippen LogP contribution >= 0.6 is 0 Å². The van der Waals surface area contributed by atoms with Crippen LogP contribution in [0.15, 0.2) is 104 Å². The van der Waals surface area contributed by atoms with Gasteiger partial charge in [-0.25, -0.2) is 4.98 Å². The maximum Gasteiger partial charge on any atom is 0.180 e. The van der Waals surface area contributed by atoms with Crippen LogP contribution in [0, 0.1) is 5.92 Å². The quantitative estimate of drug-likeness (QED) is 0.209. The van der Waals surface area contributed by atoms with Crippen molar-refractivity contribution in [2.75, 3.05) is 0 Å². The molecule has 3 aromatic carbocycles. The van der Waals surface area contributed by atoms with Crippen LogP contribution in [-0.4, -0.2) is 20.3 Å². The normalized spacial score (nSPS) is 12.0. The number of nitrogens with zero attached hydrogens (tertiary/aromatic N) is 3. The molecule has 194 valence electrons. The van der Waals surface area contributed by atoms with Crippen molar-refractivity contribution in [2.24, 2.45) is 5.92 Å². The summed E-state index contributed by atoms with van der Waals surface area (Å²) >= 11 is 0. The minimum absolute atomic E-state index is 0.0432. The number of imidazole rings is 1. The van der Waals surface area contributed by atoms with Gasteiger partial charge in [-0.2, -0.15) is 0 Å². The van der Waals surface area contributed by atoms with Gasteiger partial charge in [0, 0.05) is 36.3 Å². The van der Waals surface area contributed by atoms with Gasteiger partial charge in [-0.05, 0) is 64.1 Å². The molecule has 0 spiro atoms. The molecule has 0 saturated heterocycles. The molecule has 2 heterocycles. The molecule has 5 aromatic rings. The zero-order valence-corrected chi connectivity index (χ0v) is 23.1. The first-order chi connectivity index (χ1) is 18.4. The number of hydrogen-bond acceptors (Lipinski definition) is 3. The van der Waals surface area contributed by atoms with Crippen molar-refractivity contribution >= 4 is 16.6 Å². The molecule has 4 heteroatoms. The van der Waals surface area contributed by atoms with Crippen molar-refractivity contribution in [2.45, 2.75) is 52.9 Å². The largest absolute Gasteiger partial charge is 0.300 e. The number of hydrogen-bond donors (Lipinski definition) is 0. The SMILES string of the molecule is CCC(=O)c1ccccn1.CC[C@@H](C)C(C)(C)c1cc2ccccc2cc1-c1nccn1-c1ccccc1. The Morgan fingerprint density at radius 2 is 1.50 bits per heavy atom. The Bertz CT molecular complexity index is 1490. The average Bonchev–Trinajstić information content (AvgIpc) is 3.47. The Balaban J connectivity index is 0.000000283. The lowest BCUT2D eigenvalue weighted by Gasteiger charge is -2.34. The summed E-state index contributed by atoms with van der Waals surface area (Å²) in [5.74, 6) is 1.66. The highest BCUT2D eigenvalue weighted by Crippen LogP contribution is 2.41. The van der Waals surface area contributed by atoms with E-state index in [4.69, 9.17) is 4.98 Å². The van der Waals surface area contributed by atoms with Crippen LogP contribution in [-0.2, 0) is 5.41 Å². The second-order valence-electron chi connectivity index (χ2n) is 10.2. The van der Waals surface area contributed by atoms with Crippen LogP contribution in [0.25, 0.3) is 27.8 Å². The number of Topliss-reactive ketones (excluding diaryl/α,β-unsaturated/α-hetero) is 1. The molecular weight excluding hydrogens is 466 g/mol. The molecule has 4 nitrogen and oxygen atoms in total. The number of ketones is 1. The van der Waals surface area contributed by atoms with Gasteiger partial charge >= 0.3 is 0 Å². The van der Waals surface area contributed by atoms with Crippen molar-refractivity contribution < 1.29 is 4.79 Å². The molecule has 0 N–H and O–H groups in total. The summed E-state index contributed by atoms with van der Waals surface area (Å²) in [7, 11) is 0. The zero-order valence-electron chi connectivity index (χ0n) is 23.1. The van der Waals surface area contributed by atoms with Crippen molar-refractivity contribution in [1.82, 2.24) is 14.5 Å². The third kappa shape index (κ3) is 5.75. The molecule has 0 aliphatic heterocycles. The summed E-state index contributed by atoms with van der Waals surface area (Å²) in [5.41, 5.74) is 4.32. The Morgan fingerprint density at radius 1 is 0.842 bits per heavy atom. The van der Waals surface area contributed by atoms with Gasteiger partial charge < -0.3 is 0 Å². The van der Waals surface area contributed by atoms with E-state index in [1.54, 1.807) is 18.3 Å². The van der Waals surface area contributed by atoms with E-state index in [-0.39, 0.29) is 11.2 Å². The van der Waals surface area contributed by atoms with Crippen LogP contribution in [0.5, 0.6) is 0 Å². The minimum atomic E-state index is 0.0432. The van der Waals surface area contributed by atoms with E-state index in [0.717, 1.165) is 17.9 Å². The standard InChI is InChI=1S/C26H28N2.C8H9NO/c1-5-19(2)26(3,4)24-18-21-12-10-9-11-20(21)17-23(24)25-27-15-16-28(25)22-13-7-6-8-14-22;1-2-8(10)7-5-3-4-6-9-7/h6-19H,5H2,1-4H3;3-6H,2H2,1H3/t19-;/m1./s1. The summed E-state index contributed by atoms with van der Waals surface area (Å²) in [4.78, 5) is 19.6. The van der Waals surface area contributed by atoms with Crippen LogP contribution in [0.4, 0.5) is 0 Å². The molecule has 0 radical (unpaired) electrons. The van der Waals surface area contributed by atoms with E-state index in [1.807, 2.05) is 25.3 Å². The van der Waals surface area contributed by atoms with Gasteiger partial charge in [0.2, 0.25) is 0 Å². The van der Waals surface area contributed by atoms with Gasteiger partial charge in [0.1, 0.15) is 11.5 Å². The van der Waals surface area contributed by atoms with E-state index in [1.165, 1.54) is 21.9 Å². The molecule has 1 atom stereocenters. The van der Waals surface area contributed by atoms with Crippen molar-refractivity contribution in [3.8, 4) is 17.1 Å². The highest BCUT2D eigenvalue weighted by molar-refractivity contribution is 5.93. The van der Waals surface area contributed by atoms with Crippen molar-refractivity contribution in [1.29, 1.82) is 0 Å². The van der Waals surface area contributed by atoms with Gasteiger partial charge in [-0.1, -0.05) is 89.6 Å². The Kier molecular flexibility index (Phi) is 8.52. The van der Waals surface area contributed by atoms with Gasteiger partial charge in [0.15, 0.2) is 5.78 Å². The Labute approximate surface area is 226 Å². The molecule has 0 aliphatic rings. The minimum Gasteiger partial charge on any atom is -0.300 e. The number of carbonyl (C=O) groups excluding carboxylic acids is 1. The number of carbonyl (C=O) groups is 1. The highest BCUT2D eigenvalue weighted by atomic mass is 16.1. The highest BCUT2D eigenvalue weighted by Gasteiger charge is 2.31. The van der Waals surface area contributed by atoms with Gasteiger partial charge in [0.05, 0.1) is 0 Å². The van der Waals surface area contributed by atoms with E-state index >= 15 is 0 Å². The number of fused-ring (bicyclic) bond motifs is 1. The summed E-state index contributed by atoms with van der Waals surface area (Å²) in [6.45, 7) is 11.2. The summed E-state index contributed by atoms with van der Waals surface area (Å²) < 4.78 is 2.19. The third-order valence-corrected chi connectivity index (χ3v) is 7.61. The number of benzene rings is 3. The smallest absolute Gasteiger partial charge is 0.180 e. The van der Waals surface area contributed by atoms with Crippen LogP contribution in [0.3, 0.4) is 0 Å². The number of aromatic nitrogens is 3. The fourth-order valence-electron chi connectivity index (χ4n) is 4.74.